The van der Waals surface area contributed by atoms with Crippen LogP contribution in [0.1, 0.15) is 25.7 Å². The highest BCUT2D eigenvalue weighted by Crippen LogP contribution is 2.35. The fraction of sp³-hybridized carbons (Fsp3) is 0.421. The van der Waals surface area contributed by atoms with Gasteiger partial charge in [0.05, 0.1) is 29.6 Å². The van der Waals surface area contributed by atoms with E-state index in [2.05, 4.69) is 5.32 Å². The monoisotopic (exact) mass is 387 g/mol. The second kappa shape index (κ2) is 8.20. The number of ether oxygens (including phenoxy) is 1. The third-order valence-corrected chi connectivity index (χ3v) is 5.05. The molecule has 1 aliphatic carbocycles. The van der Waals surface area contributed by atoms with E-state index in [0.29, 0.717) is 25.0 Å². The largest absolute Gasteiger partial charge is 0.495 e. The van der Waals surface area contributed by atoms with E-state index in [-0.39, 0.29) is 53.9 Å². The molecule has 2 atom stereocenters. The Morgan fingerprint density at radius 2 is 1.89 bits per heavy atom. The number of carbonyl (C=O) groups is 3. The van der Waals surface area contributed by atoms with E-state index >= 15 is 0 Å². The summed E-state index contributed by atoms with van der Waals surface area (Å²) >= 11 is 0. The third kappa shape index (κ3) is 3.88. The molecule has 1 fully saturated rings. The predicted octanol–water partition coefficient (Wildman–Crippen LogP) is 2.27. The smallest absolute Gasteiger partial charge is 0.271 e. The number of amides is 3. The van der Waals surface area contributed by atoms with Gasteiger partial charge < -0.3 is 10.1 Å². The van der Waals surface area contributed by atoms with Gasteiger partial charge in [0.25, 0.3) is 5.69 Å². The molecule has 0 spiro atoms. The molecule has 0 aromatic heterocycles. The minimum Gasteiger partial charge on any atom is -0.495 e. The molecule has 1 saturated heterocycles. The zero-order valence-electron chi connectivity index (χ0n) is 15.4. The van der Waals surface area contributed by atoms with Crippen molar-refractivity contribution in [3.8, 4) is 5.75 Å². The highest BCUT2D eigenvalue weighted by Gasteiger charge is 2.46. The first-order valence-electron chi connectivity index (χ1n) is 9.05. The van der Waals surface area contributed by atoms with Gasteiger partial charge in [0, 0.05) is 25.1 Å². The van der Waals surface area contributed by atoms with Crippen molar-refractivity contribution in [3.63, 3.8) is 0 Å². The van der Waals surface area contributed by atoms with E-state index in [1.807, 2.05) is 12.2 Å². The van der Waals surface area contributed by atoms with Crippen molar-refractivity contribution in [2.75, 3.05) is 19.0 Å². The minimum atomic E-state index is -0.562. The number of rotatable bonds is 7. The number of nitrogens with zero attached hydrogens (tertiary/aromatic N) is 2. The fourth-order valence-electron chi connectivity index (χ4n) is 3.61. The number of nitrogens with one attached hydrogen (secondary N) is 1. The Morgan fingerprint density at radius 1 is 1.25 bits per heavy atom. The lowest BCUT2D eigenvalue weighted by Crippen LogP contribution is -2.32. The summed E-state index contributed by atoms with van der Waals surface area (Å²) in [7, 11) is 1.40. The molecule has 28 heavy (non-hydrogen) atoms. The van der Waals surface area contributed by atoms with E-state index in [1.54, 1.807) is 0 Å². The number of hydrogen-bond acceptors (Lipinski definition) is 6. The number of hydrogen-bond donors (Lipinski definition) is 1. The van der Waals surface area contributed by atoms with E-state index in [1.165, 1.54) is 30.2 Å². The molecule has 148 valence electrons. The topological polar surface area (TPSA) is 119 Å². The maximum Gasteiger partial charge on any atom is 0.271 e. The van der Waals surface area contributed by atoms with Crippen molar-refractivity contribution in [3.05, 3.63) is 40.5 Å². The van der Waals surface area contributed by atoms with Gasteiger partial charge in [-0.2, -0.15) is 0 Å². The second-order valence-electron chi connectivity index (χ2n) is 6.78. The van der Waals surface area contributed by atoms with E-state index in [4.69, 9.17) is 4.74 Å². The van der Waals surface area contributed by atoms with E-state index in [0.717, 1.165) is 0 Å². The van der Waals surface area contributed by atoms with Crippen LogP contribution in [0.4, 0.5) is 11.4 Å². The van der Waals surface area contributed by atoms with Crippen molar-refractivity contribution in [1.82, 2.24) is 4.90 Å². The van der Waals surface area contributed by atoms with Crippen LogP contribution in [0.2, 0.25) is 0 Å². The molecule has 0 bridgehead atoms. The van der Waals surface area contributed by atoms with Crippen molar-refractivity contribution < 1.29 is 24.0 Å². The maximum atomic E-state index is 12.4. The predicted molar refractivity (Wildman–Crippen MR) is 99.6 cm³/mol. The van der Waals surface area contributed by atoms with Gasteiger partial charge in [-0.15, -0.1) is 0 Å². The Bertz CT molecular complexity index is 824. The number of non-ortho nitro benzene ring substituents is 1. The van der Waals surface area contributed by atoms with Gasteiger partial charge in [-0.3, -0.25) is 29.4 Å². The maximum absolute atomic E-state index is 12.4. The zero-order valence-corrected chi connectivity index (χ0v) is 15.4. The summed E-state index contributed by atoms with van der Waals surface area (Å²) in [5.41, 5.74) is 0.0349. The number of carbonyl (C=O) groups excluding carboxylic acids is 3. The summed E-state index contributed by atoms with van der Waals surface area (Å²) in [6.45, 7) is 0.185. The average molecular weight is 387 g/mol. The lowest BCUT2D eigenvalue weighted by Gasteiger charge is -2.14. The van der Waals surface area contributed by atoms with Crippen molar-refractivity contribution >= 4 is 29.1 Å². The van der Waals surface area contributed by atoms with Crippen LogP contribution in [-0.2, 0) is 14.4 Å². The van der Waals surface area contributed by atoms with Gasteiger partial charge in [0.2, 0.25) is 17.7 Å². The summed E-state index contributed by atoms with van der Waals surface area (Å²) in [6, 6.07) is 3.92. The Labute approximate surface area is 161 Å². The normalized spacial score (nSPS) is 20.8. The molecule has 3 rings (SSSR count). The van der Waals surface area contributed by atoms with Gasteiger partial charge in [0.1, 0.15) is 5.75 Å². The van der Waals surface area contributed by atoms with Gasteiger partial charge in [0.15, 0.2) is 0 Å². The number of anilines is 1. The minimum absolute atomic E-state index is 0.0660. The molecule has 9 heteroatoms. The summed E-state index contributed by atoms with van der Waals surface area (Å²) in [4.78, 5) is 48.6. The quantitative estimate of drug-likeness (QED) is 0.332. The number of nitro groups is 1. The van der Waals surface area contributed by atoms with Gasteiger partial charge in [-0.25, -0.2) is 0 Å². The Morgan fingerprint density at radius 3 is 2.46 bits per heavy atom. The van der Waals surface area contributed by atoms with Gasteiger partial charge >= 0.3 is 0 Å². The Balaban J connectivity index is 1.55. The first kappa shape index (κ1) is 19.5. The molecule has 1 aromatic rings. The number of imide groups is 1. The van der Waals surface area contributed by atoms with Crippen LogP contribution in [-0.4, -0.2) is 41.2 Å². The van der Waals surface area contributed by atoms with E-state index < -0.39 is 4.92 Å². The van der Waals surface area contributed by atoms with Crippen LogP contribution in [0.15, 0.2) is 30.4 Å². The summed E-state index contributed by atoms with van der Waals surface area (Å²) in [5.74, 6) is -0.960. The zero-order chi connectivity index (χ0) is 20.3. The number of allylic oxidation sites excluding steroid dienone is 2. The van der Waals surface area contributed by atoms with Crippen LogP contribution in [0.5, 0.6) is 5.75 Å². The molecule has 3 amide bonds. The van der Waals surface area contributed by atoms with Crippen molar-refractivity contribution in [2.24, 2.45) is 11.8 Å². The molecule has 0 radical (unpaired) electrons. The number of likely N-dealkylation sites (tertiary alicyclic amines) is 1. The Hall–Kier alpha value is -3.23. The average Bonchev–Trinajstić information content (AvgIpc) is 2.93. The van der Waals surface area contributed by atoms with Crippen LogP contribution >= 0.6 is 0 Å². The third-order valence-electron chi connectivity index (χ3n) is 5.05. The molecule has 0 unspecified atom stereocenters. The SMILES string of the molecule is COc1ccc([N+](=O)[O-])cc1NC(=O)CCCN1C(=O)[C@@H]2CC=CC[C@H]2C1=O. The van der Waals surface area contributed by atoms with E-state index in [9.17, 15) is 24.5 Å². The molecule has 1 N–H and O–H groups in total. The highest BCUT2D eigenvalue weighted by molar-refractivity contribution is 6.05. The lowest BCUT2D eigenvalue weighted by atomic mass is 9.85. The summed E-state index contributed by atoms with van der Waals surface area (Å²) < 4.78 is 5.11. The molecule has 0 saturated carbocycles. The first-order chi connectivity index (χ1) is 13.4. The standard InChI is InChI=1S/C19H21N3O6/c1-28-16-9-8-12(22(26)27)11-15(16)20-17(23)7-4-10-21-18(24)13-5-2-3-6-14(13)19(21)25/h2-3,8-9,11,13-14H,4-7,10H2,1H3,(H,20,23)/t13-,14-/m1/s1. The second-order valence-corrected chi connectivity index (χ2v) is 6.78. The highest BCUT2D eigenvalue weighted by atomic mass is 16.6. The molecule has 1 heterocycles. The molecular formula is C19H21N3O6. The number of nitro benzene ring substituents is 1. The Kier molecular flexibility index (Phi) is 5.72. The number of benzene rings is 1. The summed E-state index contributed by atoms with van der Waals surface area (Å²) in [5, 5.41) is 13.5. The number of methoxy groups -OCH3 is 1. The van der Waals surface area contributed by atoms with Crippen LogP contribution < -0.4 is 10.1 Å². The first-order valence-corrected chi connectivity index (χ1v) is 9.05. The van der Waals surface area contributed by atoms with Gasteiger partial charge in [-0.1, -0.05) is 12.2 Å². The summed E-state index contributed by atoms with van der Waals surface area (Å²) in [6.07, 6.45) is 5.40. The molecule has 2 aliphatic rings. The van der Waals surface area contributed by atoms with Crippen LogP contribution in [0, 0.1) is 22.0 Å². The fourth-order valence-corrected chi connectivity index (χ4v) is 3.61. The van der Waals surface area contributed by atoms with Crippen molar-refractivity contribution in [2.45, 2.75) is 25.7 Å². The van der Waals surface area contributed by atoms with Crippen LogP contribution in [0.3, 0.4) is 0 Å². The molecule has 1 aromatic carbocycles. The molecule has 9 nitrogen and oxygen atoms in total. The molecular weight excluding hydrogens is 366 g/mol. The van der Waals surface area contributed by atoms with Gasteiger partial charge in [-0.05, 0) is 25.3 Å². The number of fused-ring (bicyclic) bond motifs is 1. The van der Waals surface area contributed by atoms with Crippen LogP contribution in [0.25, 0.3) is 0 Å². The molecule has 1 aliphatic heterocycles. The van der Waals surface area contributed by atoms with Crippen molar-refractivity contribution in [1.29, 1.82) is 0 Å². The lowest BCUT2D eigenvalue weighted by molar-refractivity contribution is -0.384.